The van der Waals surface area contributed by atoms with Crippen molar-refractivity contribution in [1.29, 1.82) is 0 Å². The van der Waals surface area contributed by atoms with Crippen LogP contribution in [0.3, 0.4) is 0 Å². The van der Waals surface area contributed by atoms with E-state index in [1.807, 2.05) is 0 Å². The van der Waals surface area contributed by atoms with E-state index in [0.717, 1.165) is 0 Å². The first-order valence-corrected chi connectivity index (χ1v) is 2.57. The Morgan fingerprint density at radius 3 is 0.750 bits per heavy atom. The van der Waals surface area contributed by atoms with E-state index < -0.39 is 17.4 Å². The molecule has 0 N–H and O–H groups in total. The third kappa shape index (κ3) is 864. The normalized spacial score (nSPS) is 6.50. The minimum absolute atomic E-state index is 0.861. The highest BCUT2D eigenvalue weighted by molar-refractivity contribution is 6.27. The van der Waals surface area contributed by atoms with Crippen LogP contribution in [0, 0.1) is 0 Å². The van der Waals surface area contributed by atoms with E-state index in [1.54, 1.807) is 0 Å². The topological polar surface area (TPSA) is 0 Å². The van der Waals surface area contributed by atoms with E-state index in [1.165, 1.54) is 0 Å². The first kappa shape index (κ1) is 17.3. The van der Waals surface area contributed by atoms with Gasteiger partial charge in [-0.05, 0) is 13.2 Å². The highest BCUT2D eigenvalue weighted by atomic mass is 35.5. The highest BCUT2D eigenvalue weighted by Crippen LogP contribution is 1.92. The number of hydrogen-bond donors (Lipinski definition) is 0. The molecule has 72 valence electrons. The SMILES string of the molecule is C=C(F)Cl.C=C(F)F.C=C(F)F. The second-order valence-corrected chi connectivity index (χ2v) is 1.43. The Balaban J connectivity index is -0.000000101. The molecule has 0 saturated carbocycles. The molecule has 0 unspecified atom stereocenters. The number of halogens is 6. The molecule has 0 atom stereocenters. The maximum absolute atomic E-state index is 10.6. The molecular weight excluding hydrogens is 203 g/mol. The van der Waals surface area contributed by atoms with Crippen LogP contribution in [0.4, 0.5) is 22.0 Å². The zero-order chi connectivity index (χ0) is 10.7. The average Bonchev–Trinajstić information content (AvgIpc) is 1.54. The van der Waals surface area contributed by atoms with Crippen LogP contribution in [0.2, 0.25) is 0 Å². The second-order valence-electron chi connectivity index (χ2n) is 1.02. The molecule has 0 heterocycles. The molecule has 0 amide bonds. The maximum Gasteiger partial charge on any atom is 0.263 e. The Hall–Kier alpha value is -0.840. The van der Waals surface area contributed by atoms with Crippen molar-refractivity contribution in [3.8, 4) is 0 Å². The van der Waals surface area contributed by atoms with Gasteiger partial charge in [0.1, 0.15) is 0 Å². The molecule has 0 aliphatic rings. The molecule has 0 spiro atoms. The third-order valence-corrected chi connectivity index (χ3v) is 0. The van der Waals surface area contributed by atoms with Gasteiger partial charge in [0, 0.05) is 0 Å². The van der Waals surface area contributed by atoms with Crippen molar-refractivity contribution in [2.75, 3.05) is 0 Å². The lowest BCUT2D eigenvalue weighted by molar-refractivity contribution is 0.425. The van der Waals surface area contributed by atoms with Crippen molar-refractivity contribution in [2.24, 2.45) is 0 Å². The van der Waals surface area contributed by atoms with E-state index in [9.17, 15) is 22.0 Å². The highest BCUT2D eigenvalue weighted by Gasteiger charge is 1.66. The maximum atomic E-state index is 10.6. The summed E-state index contributed by atoms with van der Waals surface area (Å²) < 4.78 is 51.1. The van der Waals surface area contributed by atoms with Crippen LogP contribution in [0.25, 0.3) is 0 Å². The predicted molar refractivity (Wildman–Crippen MR) is 38.8 cm³/mol. The van der Waals surface area contributed by atoms with Gasteiger partial charge in [0.05, 0.1) is 0 Å². The van der Waals surface area contributed by atoms with Crippen molar-refractivity contribution >= 4 is 11.6 Å². The van der Waals surface area contributed by atoms with Crippen molar-refractivity contribution in [2.45, 2.75) is 0 Å². The summed E-state index contributed by atoms with van der Waals surface area (Å²) in [6.07, 6.45) is -3.67. The summed E-state index contributed by atoms with van der Waals surface area (Å²) in [6, 6.07) is 0. The third-order valence-electron chi connectivity index (χ3n) is 0. The fourth-order valence-electron chi connectivity index (χ4n) is 0. The van der Waals surface area contributed by atoms with Gasteiger partial charge in [-0.15, -0.1) is 0 Å². The minimum atomic E-state index is -1.83. The Kier molecular flexibility index (Phi) is 18.5. The molecule has 0 aliphatic heterocycles. The van der Waals surface area contributed by atoms with E-state index in [-0.39, 0.29) is 0 Å². The van der Waals surface area contributed by atoms with Crippen molar-refractivity contribution in [3.63, 3.8) is 0 Å². The molecule has 6 heteroatoms. The monoisotopic (exact) mass is 208 g/mol. The predicted octanol–water partition coefficient (Wildman–Crippen LogP) is 4.46. The Labute approximate surface area is 71.6 Å². The quantitative estimate of drug-likeness (QED) is 0.516. The van der Waals surface area contributed by atoms with Crippen LogP contribution in [0.5, 0.6) is 0 Å². The zero-order valence-electron chi connectivity index (χ0n) is 5.89. The Morgan fingerprint density at radius 1 is 0.750 bits per heavy atom. The van der Waals surface area contributed by atoms with Crippen LogP contribution < -0.4 is 0 Å². The average molecular weight is 209 g/mol. The van der Waals surface area contributed by atoms with E-state index in [0.29, 0.717) is 0 Å². The van der Waals surface area contributed by atoms with Crippen molar-refractivity contribution in [3.05, 3.63) is 37.2 Å². The fraction of sp³-hybridized carbons (Fsp3) is 0. The van der Waals surface area contributed by atoms with Gasteiger partial charge in [0.2, 0.25) is 0 Å². The zero-order valence-corrected chi connectivity index (χ0v) is 6.65. The first-order chi connectivity index (χ1) is 5.20. The molecule has 0 fully saturated rings. The van der Waals surface area contributed by atoms with Crippen LogP contribution in [-0.4, -0.2) is 0 Å². The van der Waals surface area contributed by atoms with Gasteiger partial charge in [-0.1, -0.05) is 18.2 Å². The molecule has 0 nitrogen and oxygen atoms in total. The first-order valence-electron chi connectivity index (χ1n) is 2.19. The molecule has 0 aromatic carbocycles. The summed E-state index contributed by atoms with van der Waals surface area (Å²) in [7, 11) is 0. The van der Waals surface area contributed by atoms with Gasteiger partial charge in [-0.25, -0.2) is 0 Å². The summed E-state index contributed by atoms with van der Waals surface area (Å²) in [5.74, 6) is 0. The van der Waals surface area contributed by atoms with Gasteiger partial charge < -0.3 is 0 Å². The number of rotatable bonds is 0. The Bertz CT molecular complexity index is 113. The lowest BCUT2D eigenvalue weighted by atomic mass is 11.2. The second kappa shape index (κ2) is 12.8. The van der Waals surface area contributed by atoms with Gasteiger partial charge in [0.25, 0.3) is 12.2 Å². The number of hydrogen-bond acceptors (Lipinski definition) is 0. The van der Waals surface area contributed by atoms with Gasteiger partial charge in [-0.2, -0.15) is 22.0 Å². The lowest BCUT2D eigenvalue weighted by Crippen LogP contribution is -1.33. The lowest BCUT2D eigenvalue weighted by Gasteiger charge is -1.55. The molecule has 0 bridgehead atoms. The molecule has 0 saturated heterocycles. The summed E-state index contributed by atoms with van der Waals surface area (Å²) in [5.41, 5.74) is 0. The van der Waals surface area contributed by atoms with E-state index >= 15 is 0 Å². The van der Waals surface area contributed by atoms with Crippen LogP contribution in [0.15, 0.2) is 37.2 Å². The summed E-state index contributed by atoms with van der Waals surface area (Å²) in [5, 5.41) is -0.861. The summed E-state index contributed by atoms with van der Waals surface area (Å²) in [6.45, 7) is 7.10. The van der Waals surface area contributed by atoms with Gasteiger partial charge in [0.15, 0.2) is 5.29 Å². The molecule has 0 radical (unpaired) electrons. The summed E-state index contributed by atoms with van der Waals surface area (Å²) >= 11 is 4.41. The fourth-order valence-corrected chi connectivity index (χ4v) is 0. The van der Waals surface area contributed by atoms with Gasteiger partial charge >= 0.3 is 0 Å². The smallest absolute Gasteiger partial charge is 0.194 e. The van der Waals surface area contributed by atoms with Crippen molar-refractivity contribution in [1.82, 2.24) is 0 Å². The van der Waals surface area contributed by atoms with Gasteiger partial charge in [-0.3, -0.25) is 0 Å². The van der Waals surface area contributed by atoms with Crippen LogP contribution >= 0.6 is 11.6 Å². The summed E-state index contributed by atoms with van der Waals surface area (Å²) in [4.78, 5) is 0. The van der Waals surface area contributed by atoms with Crippen LogP contribution in [-0.2, 0) is 0 Å². The molecule has 0 rings (SSSR count). The van der Waals surface area contributed by atoms with E-state index in [2.05, 4.69) is 31.3 Å². The van der Waals surface area contributed by atoms with Crippen LogP contribution in [0.1, 0.15) is 0 Å². The molecule has 12 heavy (non-hydrogen) atoms. The minimum Gasteiger partial charge on any atom is -0.194 e. The standard InChI is InChI=1S/C2H2ClF.2C2H2F2/c3*1-2(3)4/h3*1H2. The Morgan fingerprint density at radius 2 is 0.750 bits per heavy atom. The molecule has 0 aliphatic carbocycles. The molecule has 0 aromatic heterocycles. The van der Waals surface area contributed by atoms with E-state index in [4.69, 9.17) is 0 Å². The van der Waals surface area contributed by atoms with Crippen molar-refractivity contribution < 1.29 is 22.0 Å². The largest absolute Gasteiger partial charge is 0.263 e. The molecule has 0 aromatic rings. The molecular formula is C6H6ClF5.